The molecule has 0 saturated carbocycles. The Labute approximate surface area is 83.7 Å². The second kappa shape index (κ2) is 3.80. The fourth-order valence-corrected chi connectivity index (χ4v) is 1.59. The lowest BCUT2D eigenvalue weighted by Crippen LogP contribution is -2.33. The van der Waals surface area contributed by atoms with Gasteiger partial charge in [-0.05, 0) is 24.1 Å². The highest BCUT2D eigenvalue weighted by molar-refractivity contribution is 5.94. The van der Waals surface area contributed by atoms with Crippen LogP contribution in [0.1, 0.15) is 18.9 Å². The summed E-state index contributed by atoms with van der Waals surface area (Å²) in [5, 5.41) is 1.62. The predicted molar refractivity (Wildman–Crippen MR) is 55.9 cm³/mol. The van der Waals surface area contributed by atoms with Crippen LogP contribution in [0.4, 0.5) is 5.69 Å². The van der Waals surface area contributed by atoms with E-state index in [1.54, 1.807) is 5.01 Å². The Morgan fingerprint density at radius 2 is 2.07 bits per heavy atom. The molecule has 2 rings (SSSR count). The number of hydrogen-bond donors (Lipinski definition) is 1. The number of benzene rings is 1. The summed E-state index contributed by atoms with van der Waals surface area (Å²) in [5.41, 5.74) is 5.27. The van der Waals surface area contributed by atoms with Gasteiger partial charge < -0.3 is 0 Å². The van der Waals surface area contributed by atoms with E-state index in [9.17, 15) is 4.79 Å². The minimum absolute atomic E-state index is 0.147. The smallest absolute Gasteiger partial charge is 0.242 e. The van der Waals surface area contributed by atoms with E-state index < -0.39 is 0 Å². The molecule has 0 radical (unpaired) electrons. The average molecular weight is 190 g/mol. The molecule has 1 saturated heterocycles. The van der Waals surface area contributed by atoms with Crippen molar-refractivity contribution in [2.75, 3.05) is 11.6 Å². The van der Waals surface area contributed by atoms with Gasteiger partial charge in [-0.2, -0.15) is 0 Å². The molecule has 1 aromatic rings. The summed E-state index contributed by atoms with van der Waals surface area (Å²) in [5.74, 6) is 0.147. The van der Waals surface area contributed by atoms with Crippen molar-refractivity contribution >= 4 is 11.6 Å². The van der Waals surface area contributed by atoms with Gasteiger partial charge in [0, 0.05) is 13.0 Å². The molecule has 74 valence electrons. The molecule has 3 nitrogen and oxygen atoms in total. The van der Waals surface area contributed by atoms with Crippen molar-refractivity contribution in [3.63, 3.8) is 0 Å². The third-order valence-corrected chi connectivity index (χ3v) is 2.46. The van der Waals surface area contributed by atoms with Crippen molar-refractivity contribution in [3.05, 3.63) is 29.8 Å². The van der Waals surface area contributed by atoms with Crippen molar-refractivity contribution in [2.24, 2.45) is 0 Å². The van der Waals surface area contributed by atoms with E-state index in [4.69, 9.17) is 0 Å². The number of hydrogen-bond acceptors (Lipinski definition) is 2. The summed E-state index contributed by atoms with van der Waals surface area (Å²) in [4.78, 5) is 11.4. The maximum absolute atomic E-state index is 11.4. The highest BCUT2D eigenvalue weighted by atomic mass is 16.2. The normalized spacial score (nSPS) is 16.4. The van der Waals surface area contributed by atoms with Gasteiger partial charge in [-0.1, -0.05) is 19.1 Å². The van der Waals surface area contributed by atoms with Gasteiger partial charge in [0.2, 0.25) is 5.91 Å². The lowest BCUT2D eigenvalue weighted by Gasteiger charge is -2.15. The first kappa shape index (κ1) is 9.21. The minimum Gasteiger partial charge on any atom is -0.273 e. The number of anilines is 1. The summed E-state index contributed by atoms with van der Waals surface area (Å²) in [6, 6.07) is 8.08. The second-order valence-electron chi connectivity index (χ2n) is 3.41. The number of hydrazine groups is 1. The summed E-state index contributed by atoms with van der Waals surface area (Å²) >= 11 is 0. The van der Waals surface area contributed by atoms with Gasteiger partial charge in [0.15, 0.2) is 0 Å². The van der Waals surface area contributed by atoms with E-state index in [0.717, 1.165) is 18.7 Å². The zero-order chi connectivity index (χ0) is 9.97. The third-order valence-electron chi connectivity index (χ3n) is 2.46. The molecule has 1 aliphatic heterocycles. The average Bonchev–Trinajstić information content (AvgIpc) is 2.65. The Hall–Kier alpha value is -1.35. The third kappa shape index (κ3) is 1.63. The fourth-order valence-electron chi connectivity index (χ4n) is 1.59. The van der Waals surface area contributed by atoms with Gasteiger partial charge in [-0.15, -0.1) is 0 Å². The molecule has 1 aliphatic rings. The topological polar surface area (TPSA) is 32.3 Å². The molecule has 0 aliphatic carbocycles. The molecule has 3 heteroatoms. The molecule has 0 aromatic heterocycles. The van der Waals surface area contributed by atoms with Crippen LogP contribution >= 0.6 is 0 Å². The molecular weight excluding hydrogens is 176 g/mol. The summed E-state index contributed by atoms with van der Waals surface area (Å²) < 4.78 is 0. The van der Waals surface area contributed by atoms with Crippen LogP contribution in [-0.4, -0.2) is 12.5 Å². The van der Waals surface area contributed by atoms with Crippen LogP contribution in [0.2, 0.25) is 0 Å². The van der Waals surface area contributed by atoms with Crippen molar-refractivity contribution in [3.8, 4) is 0 Å². The van der Waals surface area contributed by atoms with Crippen LogP contribution in [-0.2, 0) is 11.2 Å². The van der Waals surface area contributed by atoms with Gasteiger partial charge in [-0.25, -0.2) is 10.4 Å². The molecule has 0 bridgehead atoms. The Morgan fingerprint density at radius 1 is 1.36 bits per heavy atom. The van der Waals surface area contributed by atoms with Gasteiger partial charge in [0.05, 0.1) is 5.69 Å². The van der Waals surface area contributed by atoms with Gasteiger partial charge in [0.1, 0.15) is 0 Å². The van der Waals surface area contributed by atoms with E-state index in [1.807, 2.05) is 12.1 Å². The molecule has 0 atom stereocenters. The number of amides is 1. The predicted octanol–water partition coefficient (Wildman–Crippen LogP) is 1.49. The zero-order valence-electron chi connectivity index (χ0n) is 8.29. The first-order chi connectivity index (χ1) is 6.81. The van der Waals surface area contributed by atoms with E-state index in [-0.39, 0.29) is 5.91 Å². The van der Waals surface area contributed by atoms with Crippen molar-refractivity contribution in [1.82, 2.24) is 5.43 Å². The lowest BCUT2D eigenvalue weighted by molar-refractivity contribution is -0.117. The van der Waals surface area contributed by atoms with E-state index in [2.05, 4.69) is 24.5 Å². The molecule has 14 heavy (non-hydrogen) atoms. The fraction of sp³-hybridized carbons (Fsp3) is 0.364. The van der Waals surface area contributed by atoms with Crippen LogP contribution in [0, 0.1) is 0 Å². The molecule has 1 fully saturated rings. The van der Waals surface area contributed by atoms with Crippen LogP contribution in [0.25, 0.3) is 0 Å². The number of carbonyl (C=O) groups is 1. The molecule has 1 amide bonds. The monoisotopic (exact) mass is 190 g/mol. The highest BCUT2D eigenvalue weighted by Crippen LogP contribution is 2.17. The molecule has 1 N–H and O–H groups in total. The summed E-state index contributed by atoms with van der Waals surface area (Å²) in [7, 11) is 0. The minimum atomic E-state index is 0.147. The van der Waals surface area contributed by atoms with Crippen LogP contribution < -0.4 is 10.4 Å². The SMILES string of the molecule is CCc1ccc(N2NCCC2=O)cc1. The number of nitrogens with zero attached hydrogens (tertiary/aromatic N) is 1. The van der Waals surface area contributed by atoms with E-state index in [1.165, 1.54) is 5.56 Å². The van der Waals surface area contributed by atoms with Crippen molar-refractivity contribution in [2.45, 2.75) is 19.8 Å². The Bertz CT molecular complexity index is 332. The quantitative estimate of drug-likeness (QED) is 0.766. The number of nitrogens with one attached hydrogen (secondary N) is 1. The standard InChI is InChI=1S/C11H14N2O/c1-2-9-3-5-10(6-4-9)13-11(14)7-8-12-13/h3-6,12H,2,7-8H2,1H3. The Kier molecular flexibility index (Phi) is 2.50. The number of rotatable bonds is 2. The van der Waals surface area contributed by atoms with Crippen LogP contribution in [0.3, 0.4) is 0 Å². The number of aryl methyl sites for hydroxylation is 1. The molecule has 1 heterocycles. The van der Waals surface area contributed by atoms with Gasteiger partial charge >= 0.3 is 0 Å². The first-order valence-electron chi connectivity index (χ1n) is 4.96. The molecule has 0 unspecified atom stereocenters. The second-order valence-corrected chi connectivity index (χ2v) is 3.41. The van der Waals surface area contributed by atoms with E-state index >= 15 is 0 Å². The first-order valence-corrected chi connectivity index (χ1v) is 4.96. The van der Waals surface area contributed by atoms with Crippen molar-refractivity contribution < 1.29 is 4.79 Å². The Morgan fingerprint density at radius 3 is 2.57 bits per heavy atom. The maximum Gasteiger partial charge on any atom is 0.242 e. The van der Waals surface area contributed by atoms with Crippen LogP contribution in [0.15, 0.2) is 24.3 Å². The summed E-state index contributed by atoms with van der Waals surface area (Å²) in [6.07, 6.45) is 1.62. The van der Waals surface area contributed by atoms with Gasteiger partial charge in [0.25, 0.3) is 0 Å². The highest BCUT2D eigenvalue weighted by Gasteiger charge is 2.20. The lowest BCUT2D eigenvalue weighted by atomic mass is 10.1. The van der Waals surface area contributed by atoms with Gasteiger partial charge in [-0.3, -0.25) is 4.79 Å². The molecule has 0 spiro atoms. The Balaban J connectivity index is 2.20. The van der Waals surface area contributed by atoms with E-state index in [0.29, 0.717) is 6.42 Å². The molecule has 1 aromatic carbocycles. The maximum atomic E-state index is 11.4. The summed E-state index contributed by atoms with van der Waals surface area (Å²) in [6.45, 7) is 2.86. The number of carbonyl (C=O) groups excluding carboxylic acids is 1. The van der Waals surface area contributed by atoms with Crippen molar-refractivity contribution in [1.29, 1.82) is 0 Å². The van der Waals surface area contributed by atoms with Crippen LogP contribution in [0.5, 0.6) is 0 Å². The largest absolute Gasteiger partial charge is 0.273 e. The molecular formula is C11H14N2O. The zero-order valence-corrected chi connectivity index (χ0v) is 8.29.